The van der Waals surface area contributed by atoms with E-state index in [-0.39, 0.29) is 22.9 Å². The summed E-state index contributed by atoms with van der Waals surface area (Å²) >= 11 is 7.06. The van der Waals surface area contributed by atoms with E-state index in [1.165, 1.54) is 30.9 Å². The zero-order chi connectivity index (χ0) is 30.1. The fourth-order valence-corrected chi connectivity index (χ4v) is 5.87. The third-order valence-corrected chi connectivity index (χ3v) is 7.88. The second-order valence-electron chi connectivity index (χ2n) is 9.04. The number of hydrogen-bond acceptors (Lipinski definition) is 10. The number of ether oxygens (including phenoxy) is 3. The van der Waals surface area contributed by atoms with E-state index in [4.69, 9.17) is 30.2 Å². The molecule has 0 fully saturated rings. The van der Waals surface area contributed by atoms with Gasteiger partial charge in [-0.25, -0.2) is 9.79 Å². The monoisotopic (exact) mass is 609 g/mol. The van der Waals surface area contributed by atoms with Crippen LogP contribution in [0.2, 0.25) is 5.02 Å². The molecule has 13 heteroatoms. The number of thiazole rings is 1. The Morgan fingerprint density at radius 2 is 1.98 bits per heavy atom. The Bertz CT molecular complexity index is 1940. The summed E-state index contributed by atoms with van der Waals surface area (Å²) in [5.41, 5.74) is 0.912. The Balaban J connectivity index is 1.66. The standard InChI is InChI=1S/C29H24ClN3O8S/c1-5-40-28(35)25-15(2)31-29-32(26(25)19-13-17(38-3)7-11-23(19)39-4)27(34)24(42-29)14-18-8-10-22(41-18)16-6-9-20(30)21(12-16)33(36)37/h6-14,26H,5H2,1-4H3/b24-14+/t26-/m1/s1. The number of nitro benzene ring substituents is 1. The van der Waals surface area contributed by atoms with Gasteiger partial charge in [-0.2, -0.15) is 0 Å². The topological polar surface area (TPSA) is 135 Å². The second kappa shape index (κ2) is 11.7. The number of carbonyl (C=O) groups is 1. The number of rotatable bonds is 8. The highest BCUT2D eigenvalue weighted by atomic mass is 35.5. The number of esters is 1. The number of nitrogens with zero attached hydrogens (tertiary/aromatic N) is 3. The van der Waals surface area contributed by atoms with Crippen molar-refractivity contribution in [3.63, 3.8) is 0 Å². The third-order valence-electron chi connectivity index (χ3n) is 6.58. The lowest BCUT2D eigenvalue weighted by Crippen LogP contribution is -2.40. The van der Waals surface area contributed by atoms with Gasteiger partial charge in [0.05, 0.1) is 41.6 Å². The maximum Gasteiger partial charge on any atom is 0.338 e. The molecule has 0 spiro atoms. The molecule has 5 rings (SSSR count). The molecule has 0 unspecified atom stereocenters. The number of carbonyl (C=O) groups excluding carboxylic acids is 1. The first-order valence-corrected chi connectivity index (χ1v) is 13.8. The van der Waals surface area contributed by atoms with Gasteiger partial charge in [0.1, 0.15) is 34.1 Å². The minimum atomic E-state index is -0.908. The lowest BCUT2D eigenvalue weighted by atomic mass is 9.95. The summed E-state index contributed by atoms with van der Waals surface area (Å²) in [4.78, 5) is 42.8. The van der Waals surface area contributed by atoms with Gasteiger partial charge in [-0.1, -0.05) is 22.9 Å². The number of aromatic nitrogens is 1. The molecule has 42 heavy (non-hydrogen) atoms. The molecule has 1 aliphatic rings. The average molecular weight is 610 g/mol. The minimum absolute atomic E-state index is 0.0105. The van der Waals surface area contributed by atoms with Crippen LogP contribution in [0.15, 0.2) is 74.0 Å². The van der Waals surface area contributed by atoms with Gasteiger partial charge in [0, 0.05) is 23.3 Å². The van der Waals surface area contributed by atoms with Crippen LogP contribution in [0.1, 0.15) is 31.2 Å². The van der Waals surface area contributed by atoms with Gasteiger partial charge in [-0.3, -0.25) is 19.5 Å². The van der Waals surface area contributed by atoms with Crippen molar-refractivity contribution in [2.45, 2.75) is 19.9 Å². The fourth-order valence-electron chi connectivity index (χ4n) is 4.66. The van der Waals surface area contributed by atoms with Crippen molar-refractivity contribution >= 4 is 40.7 Å². The maximum absolute atomic E-state index is 13.9. The normalized spacial score (nSPS) is 14.8. The van der Waals surface area contributed by atoms with Gasteiger partial charge < -0.3 is 18.6 Å². The van der Waals surface area contributed by atoms with Crippen molar-refractivity contribution in [3.05, 3.63) is 106 Å². The Kier molecular flexibility index (Phi) is 8.01. The molecule has 0 N–H and O–H groups in total. The highest BCUT2D eigenvalue weighted by molar-refractivity contribution is 7.07. The molecule has 2 aromatic carbocycles. The number of fused-ring (bicyclic) bond motifs is 1. The van der Waals surface area contributed by atoms with E-state index in [2.05, 4.69) is 4.99 Å². The molecule has 4 aromatic rings. The van der Waals surface area contributed by atoms with E-state index < -0.39 is 22.5 Å². The molecule has 1 aliphatic heterocycles. The first kappa shape index (κ1) is 28.8. The molecule has 0 saturated carbocycles. The van der Waals surface area contributed by atoms with Crippen LogP contribution in [-0.4, -0.2) is 36.3 Å². The summed E-state index contributed by atoms with van der Waals surface area (Å²) in [7, 11) is 3.02. The van der Waals surface area contributed by atoms with Crippen LogP contribution < -0.4 is 24.4 Å². The van der Waals surface area contributed by atoms with Crippen LogP contribution in [0.5, 0.6) is 11.5 Å². The SMILES string of the molecule is CCOC(=O)C1=C(C)N=c2s/c(=C/c3ccc(-c4ccc(Cl)c([N+](=O)[O-])c4)o3)c(=O)n2[C@@H]1c1cc(OC)ccc1OC. The quantitative estimate of drug-likeness (QED) is 0.160. The molecule has 1 atom stereocenters. The number of nitro groups is 1. The van der Waals surface area contributed by atoms with E-state index in [1.54, 1.807) is 56.3 Å². The van der Waals surface area contributed by atoms with Gasteiger partial charge in [0.15, 0.2) is 4.80 Å². The molecular weight excluding hydrogens is 586 g/mol. The molecular formula is C29H24ClN3O8S. The van der Waals surface area contributed by atoms with Gasteiger partial charge in [0.2, 0.25) is 0 Å². The zero-order valence-electron chi connectivity index (χ0n) is 22.9. The molecule has 0 amide bonds. The second-order valence-corrected chi connectivity index (χ2v) is 10.5. The Morgan fingerprint density at radius 1 is 1.19 bits per heavy atom. The van der Waals surface area contributed by atoms with E-state index in [9.17, 15) is 19.7 Å². The van der Waals surface area contributed by atoms with Gasteiger partial charge in [0.25, 0.3) is 11.2 Å². The minimum Gasteiger partial charge on any atom is -0.497 e. The van der Waals surface area contributed by atoms with Crippen LogP contribution in [0.25, 0.3) is 17.4 Å². The van der Waals surface area contributed by atoms with Crippen molar-refractivity contribution in [2.24, 2.45) is 4.99 Å². The van der Waals surface area contributed by atoms with Crippen molar-refractivity contribution < 1.29 is 28.3 Å². The first-order chi connectivity index (χ1) is 20.2. The van der Waals surface area contributed by atoms with Crippen LogP contribution in [0.3, 0.4) is 0 Å². The van der Waals surface area contributed by atoms with E-state index >= 15 is 0 Å². The van der Waals surface area contributed by atoms with E-state index in [0.717, 1.165) is 11.3 Å². The summed E-state index contributed by atoms with van der Waals surface area (Å²) < 4.78 is 24.0. The van der Waals surface area contributed by atoms with E-state index in [1.807, 2.05) is 0 Å². The average Bonchev–Trinajstić information content (AvgIpc) is 3.56. The predicted molar refractivity (Wildman–Crippen MR) is 156 cm³/mol. The summed E-state index contributed by atoms with van der Waals surface area (Å²) in [5, 5.41) is 11.3. The Morgan fingerprint density at radius 3 is 2.67 bits per heavy atom. The first-order valence-electron chi connectivity index (χ1n) is 12.6. The van der Waals surface area contributed by atoms with Crippen LogP contribution in [-0.2, 0) is 9.53 Å². The summed E-state index contributed by atoms with van der Waals surface area (Å²) in [6.45, 7) is 3.52. The molecule has 11 nitrogen and oxygen atoms in total. The largest absolute Gasteiger partial charge is 0.497 e. The van der Waals surface area contributed by atoms with Gasteiger partial charge in [-0.15, -0.1) is 0 Å². The molecule has 0 bridgehead atoms. The van der Waals surface area contributed by atoms with Crippen LogP contribution >= 0.6 is 22.9 Å². The number of halogens is 1. The molecule has 0 radical (unpaired) electrons. The van der Waals surface area contributed by atoms with E-state index in [0.29, 0.717) is 49.2 Å². The van der Waals surface area contributed by atoms with Gasteiger partial charge in [-0.05, 0) is 56.3 Å². The molecule has 216 valence electrons. The molecule has 2 aromatic heterocycles. The number of furan rings is 1. The van der Waals surface area contributed by atoms with Gasteiger partial charge >= 0.3 is 5.97 Å². The third kappa shape index (κ3) is 5.21. The molecule has 0 saturated heterocycles. The maximum atomic E-state index is 13.9. The molecule has 0 aliphatic carbocycles. The Labute approximate surface area is 247 Å². The number of allylic oxidation sites excluding steroid dienone is 1. The van der Waals surface area contributed by atoms with Crippen LogP contribution in [0, 0.1) is 10.1 Å². The zero-order valence-corrected chi connectivity index (χ0v) is 24.4. The lowest BCUT2D eigenvalue weighted by molar-refractivity contribution is -0.384. The fraction of sp³-hybridized carbons (Fsp3) is 0.207. The lowest BCUT2D eigenvalue weighted by Gasteiger charge is -2.26. The number of methoxy groups -OCH3 is 2. The van der Waals surface area contributed by atoms with Crippen molar-refractivity contribution in [1.29, 1.82) is 0 Å². The van der Waals surface area contributed by atoms with Crippen molar-refractivity contribution in [1.82, 2.24) is 4.57 Å². The number of benzene rings is 2. The number of hydrogen-bond donors (Lipinski definition) is 0. The van der Waals surface area contributed by atoms with Crippen molar-refractivity contribution in [3.8, 4) is 22.8 Å². The Hall–Kier alpha value is -4.68. The predicted octanol–water partition coefficient (Wildman–Crippen LogP) is 4.64. The summed E-state index contributed by atoms with van der Waals surface area (Å²) in [6, 6.07) is 11.9. The molecule has 3 heterocycles. The highest BCUT2D eigenvalue weighted by Gasteiger charge is 2.35. The van der Waals surface area contributed by atoms with Crippen LogP contribution in [0.4, 0.5) is 5.69 Å². The van der Waals surface area contributed by atoms with Crippen molar-refractivity contribution in [2.75, 3.05) is 20.8 Å². The summed E-state index contributed by atoms with van der Waals surface area (Å²) in [6.07, 6.45) is 1.56. The summed E-state index contributed by atoms with van der Waals surface area (Å²) in [5.74, 6) is 1.05. The smallest absolute Gasteiger partial charge is 0.338 e. The highest BCUT2D eigenvalue weighted by Crippen LogP contribution is 2.38.